The van der Waals surface area contributed by atoms with Gasteiger partial charge in [-0.15, -0.1) is 0 Å². The third kappa shape index (κ3) is 6.60. The monoisotopic (exact) mass is 598 g/mol. The zero-order valence-electron chi connectivity index (χ0n) is 25.9. The molecule has 10 atom stereocenters. The molecule has 4 aliphatic rings. The molecule has 10 heteroatoms. The average Bonchev–Trinajstić information content (AvgIpc) is 3.53. The maximum Gasteiger partial charge on any atom is 0.331 e. The smallest absolute Gasteiger partial charge is 0.331 e. The molecule has 4 heterocycles. The highest BCUT2D eigenvalue weighted by Gasteiger charge is 2.51. The van der Waals surface area contributed by atoms with Crippen molar-refractivity contribution in [2.75, 3.05) is 13.2 Å². The maximum atomic E-state index is 13.2. The van der Waals surface area contributed by atoms with E-state index in [1.807, 2.05) is 43.8 Å². The SMILES string of the molecule is CC1=CCC(C(C)C)[C@H]2/C=C(/COC3OCC(O)C(O)C3O)[C@@]3(C)C=C[C@](C)(O3)C(OC(=O)/C=C/c3cn(C)cn3)C[C@@H]12. The van der Waals surface area contributed by atoms with Gasteiger partial charge in [-0.25, -0.2) is 9.78 Å². The first-order valence-corrected chi connectivity index (χ1v) is 15.2. The molecule has 3 aliphatic heterocycles. The summed E-state index contributed by atoms with van der Waals surface area (Å²) in [4.78, 5) is 17.4. The summed E-state index contributed by atoms with van der Waals surface area (Å²) in [6.07, 6.45) is 11.0. The number of allylic oxidation sites excluding steroid dienone is 3. The first kappa shape index (κ1) is 31.8. The highest BCUT2D eigenvalue weighted by atomic mass is 16.7. The molecule has 6 unspecified atom stereocenters. The van der Waals surface area contributed by atoms with Gasteiger partial charge in [0.05, 0.1) is 25.2 Å². The summed E-state index contributed by atoms with van der Waals surface area (Å²) < 4.78 is 26.4. The number of aryl methyl sites for hydroxylation is 1. The van der Waals surface area contributed by atoms with E-state index in [0.29, 0.717) is 24.0 Å². The lowest BCUT2D eigenvalue weighted by Crippen LogP contribution is -2.54. The van der Waals surface area contributed by atoms with Gasteiger partial charge in [0.1, 0.15) is 35.6 Å². The van der Waals surface area contributed by atoms with Crippen molar-refractivity contribution >= 4 is 12.0 Å². The lowest BCUT2D eigenvalue weighted by Gasteiger charge is -2.41. The van der Waals surface area contributed by atoms with Crippen LogP contribution in [0.25, 0.3) is 6.08 Å². The number of ether oxygens (including phenoxy) is 4. The number of hydrogen-bond acceptors (Lipinski definition) is 9. The summed E-state index contributed by atoms with van der Waals surface area (Å²) >= 11 is 0. The van der Waals surface area contributed by atoms with Crippen LogP contribution in [0.3, 0.4) is 0 Å². The molecule has 1 aliphatic carbocycles. The van der Waals surface area contributed by atoms with Gasteiger partial charge < -0.3 is 38.8 Å². The molecule has 0 radical (unpaired) electrons. The fourth-order valence-corrected chi connectivity index (χ4v) is 6.90. The molecule has 1 fully saturated rings. The van der Waals surface area contributed by atoms with Gasteiger partial charge in [0, 0.05) is 19.3 Å². The number of fused-ring (bicyclic) bond motifs is 3. The van der Waals surface area contributed by atoms with Crippen LogP contribution >= 0.6 is 0 Å². The molecule has 2 bridgehead atoms. The Morgan fingerprint density at radius 3 is 2.70 bits per heavy atom. The second kappa shape index (κ2) is 12.4. The predicted octanol–water partition coefficient (Wildman–Crippen LogP) is 3.09. The Balaban J connectivity index is 1.46. The van der Waals surface area contributed by atoms with Crippen molar-refractivity contribution < 1.29 is 39.1 Å². The van der Waals surface area contributed by atoms with Gasteiger partial charge in [-0.1, -0.05) is 37.6 Å². The number of aliphatic hydroxyl groups is 3. The number of carbonyl (C=O) groups is 1. The van der Waals surface area contributed by atoms with E-state index in [4.69, 9.17) is 18.9 Å². The molecule has 10 nitrogen and oxygen atoms in total. The highest BCUT2D eigenvalue weighted by molar-refractivity contribution is 5.86. The number of hydrogen-bond donors (Lipinski definition) is 3. The van der Waals surface area contributed by atoms with Crippen molar-refractivity contribution in [3.05, 3.63) is 59.7 Å². The Hall–Kier alpha value is -2.60. The summed E-state index contributed by atoms with van der Waals surface area (Å²) in [6, 6.07) is 0. The van der Waals surface area contributed by atoms with Gasteiger partial charge in [-0.05, 0) is 75.0 Å². The number of nitrogens with zero attached hydrogens (tertiary/aromatic N) is 2. The van der Waals surface area contributed by atoms with Crippen LogP contribution in [0.15, 0.2) is 54.1 Å². The molecular formula is C33H46N2O8. The summed E-state index contributed by atoms with van der Waals surface area (Å²) in [7, 11) is 1.87. The van der Waals surface area contributed by atoms with Crippen LogP contribution in [0.5, 0.6) is 0 Å². The molecule has 236 valence electrons. The summed E-state index contributed by atoms with van der Waals surface area (Å²) in [5.74, 6) is 0.496. The molecule has 3 N–H and O–H groups in total. The molecular weight excluding hydrogens is 552 g/mol. The van der Waals surface area contributed by atoms with Crippen LogP contribution in [0.2, 0.25) is 0 Å². The van der Waals surface area contributed by atoms with Crippen LogP contribution in [0.1, 0.15) is 53.2 Å². The number of rotatable bonds is 7. The molecule has 0 amide bonds. The van der Waals surface area contributed by atoms with Crippen LogP contribution in [0.4, 0.5) is 0 Å². The third-order valence-electron chi connectivity index (χ3n) is 9.65. The van der Waals surface area contributed by atoms with Crippen molar-refractivity contribution in [3.63, 3.8) is 0 Å². The van der Waals surface area contributed by atoms with Crippen molar-refractivity contribution in [1.82, 2.24) is 9.55 Å². The maximum absolute atomic E-state index is 13.2. The lowest BCUT2D eigenvalue weighted by molar-refractivity contribution is -0.268. The highest BCUT2D eigenvalue weighted by Crippen LogP contribution is 2.49. The van der Waals surface area contributed by atoms with Gasteiger partial charge in [0.2, 0.25) is 0 Å². The average molecular weight is 599 g/mol. The molecule has 1 aromatic rings. The Labute approximate surface area is 253 Å². The minimum atomic E-state index is -1.39. The van der Waals surface area contributed by atoms with E-state index in [2.05, 4.69) is 37.9 Å². The topological polar surface area (TPSA) is 132 Å². The number of imidazole rings is 1. The fraction of sp³-hybridized carbons (Fsp3) is 0.636. The number of esters is 1. The molecule has 0 aromatic carbocycles. The van der Waals surface area contributed by atoms with Crippen molar-refractivity contribution in [1.29, 1.82) is 0 Å². The zero-order valence-corrected chi connectivity index (χ0v) is 25.9. The second-order valence-corrected chi connectivity index (χ2v) is 13.2. The lowest BCUT2D eigenvalue weighted by atomic mass is 9.65. The van der Waals surface area contributed by atoms with Gasteiger partial charge in [-0.2, -0.15) is 0 Å². The van der Waals surface area contributed by atoms with E-state index < -0.39 is 47.9 Å². The minimum absolute atomic E-state index is 0.0789. The standard InChI is InChI=1S/C33H46N2O8/c1-19(2)23-9-7-20(3)24-14-27(42-28(37)10-8-22-15-35(6)18-34-22)33(5)12-11-32(4,43-33)21(13-25(23)24)16-40-31-30(39)29(38)26(36)17-41-31/h7-8,10-13,15,18-19,23-27,29-31,36,38-39H,9,14,16-17H2,1-6H3/b10-8+,21-13-/t23?,24-,25+,26?,27?,29?,30?,31?,32+,33-/m0/s1. The number of carbonyl (C=O) groups excluding carboxylic acids is 1. The van der Waals surface area contributed by atoms with E-state index in [9.17, 15) is 20.1 Å². The summed E-state index contributed by atoms with van der Waals surface area (Å²) in [6.45, 7) is 10.5. The van der Waals surface area contributed by atoms with Gasteiger partial charge in [0.15, 0.2) is 6.29 Å². The second-order valence-electron chi connectivity index (χ2n) is 13.2. The van der Waals surface area contributed by atoms with E-state index in [0.717, 1.165) is 12.0 Å². The third-order valence-corrected chi connectivity index (χ3v) is 9.65. The quantitative estimate of drug-likeness (QED) is 0.246. The minimum Gasteiger partial charge on any atom is -0.456 e. The van der Waals surface area contributed by atoms with Gasteiger partial charge >= 0.3 is 5.97 Å². The van der Waals surface area contributed by atoms with Gasteiger partial charge in [0.25, 0.3) is 0 Å². The summed E-state index contributed by atoms with van der Waals surface area (Å²) in [5.41, 5.74) is 0.984. The molecule has 0 saturated carbocycles. The molecule has 1 aromatic heterocycles. The van der Waals surface area contributed by atoms with Crippen LogP contribution in [0, 0.1) is 23.7 Å². The van der Waals surface area contributed by atoms with Crippen LogP contribution in [-0.4, -0.2) is 86.0 Å². The Bertz CT molecular complexity index is 1300. The molecule has 1 saturated heterocycles. The van der Waals surface area contributed by atoms with Crippen molar-refractivity contribution in [3.8, 4) is 0 Å². The molecule has 0 spiro atoms. The Morgan fingerprint density at radius 2 is 2.00 bits per heavy atom. The van der Waals surface area contributed by atoms with Crippen molar-refractivity contribution in [2.24, 2.45) is 30.7 Å². The number of aromatic nitrogens is 2. The normalized spacial score (nSPS) is 40.8. The van der Waals surface area contributed by atoms with E-state index in [1.165, 1.54) is 11.6 Å². The Morgan fingerprint density at radius 1 is 1.23 bits per heavy atom. The summed E-state index contributed by atoms with van der Waals surface area (Å²) in [5, 5.41) is 30.6. The zero-order chi connectivity index (χ0) is 31.1. The van der Waals surface area contributed by atoms with E-state index >= 15 is 0 Å². The Kier molecular flexibility index (Phi) is 9.19. The molecule has 43 heavy (non-hydrogen) atoms. The van der Waals surface area contributed by atoms with Crippen LogP contribution < -0.4 is 0 Å². The van der Waals surface area contributed by atoms with E-state index in [1.54, 1.807) is 12.4 Å². The largest absolute Gasteiger partial charge is 0.456 e. The first-order valence-electron chi connectivity index (χ1n) is 15.2. The van der Waals surface area contributed by atoms with E-state index in [-0.39, 0.29) is 25.0 Å². The predicted molar refractivity (Wildman–Crippen MR) is 159 cm³/mol. The molecule has 5 rings (SSSR count). The fourth-order valence-electron chi connectivity index (χ4n) is 6.90. The number of aliphatic hydroxyl groups excluding tert-OH is 3. The first-order chi connectivity index (χ1) is 20.3. The van der Waals surface area contributed by atoms with Crippen molar-refractivity contribution in [2.45, 2.75) is 89.4 Å². The van der Waals surface area contributed by atoms with Crippen LogP contribution in [-0.2, 0) is 30.8 Å². The van der Waals surface area contributed by atoms with Gasteiger partial charge in [-0.3, -0.25) is 0 Å².